The van der Waals surface area contributed by atoms with Gasteiger partial charge in [-0.15, -0.1) is 12.4 Å². The Bertz CT molecular complexity index is 138. The highest BCUT2D eigenvalue weighted by molar-refractivity contribution is 5.85. The lowest BCUT2D eigenvalue weighted by molar-refractivity contribution is -0.116. The van der Waals surface area contributed by atoms with E-state index in [-0.39, 0.29) is 17.9 Å². The van der Waals surface area contributed by atoms with Crippen molar-refractivity contribution in [1.29, 1.82) is 0 Å². The topological polar surface area (TPSA) is 29.1 Å². The molecule has 2 nitrogen and oxygen atoms in total. The molecule has 1 saturated carbocycles. The van der Waals surface area contributed by atoms with Crippen LogP contribution in [-0.2, 0) is 4.79 Å². The van der Waals surface area contributed by atoms with Crippen LogP contribution in [0.5, 0.6) is 0 Å². The lowest BCUT2D eigenvalue weighted by Gasteiger charge is -2.43. The van der Waals surface area contributed by atoms with Gasteiger partial charge >= 0.3 is 0 Å². The molecule has 0 aromatic carbocycles. The lowest BCUT2D eigenvalue weighted by Crippen LogP contribution is -2.56. The van der Waals surface area contributed by atoms with Crippen LogP contribution in [0.3, 0.4) is 0 Å². The van der Waals surface area contributed by atoms with Crippen LogP contribution >= 0.6 is 12.4 Å². The van der Waals surface area contributed by atoms with Gasteiger partial charge in [-0.2, -0.15) is 0 Å². The van der Waals surface area contributed by atoms with Gasteiger partial charge in [0.15, 0.2) is 0 Å². The molecule has 0 aromatic heterocycles. The number of hydrogen-bond acceptors (Lipinski definition) is 2. The van der Waals surface area contributed by atoms with Gasteiger partial charge in [0.2, 0.25) is 0 Å². The maximum absolute atomic E-state index is 10.7. The van der Waals surface area contributed by atoms with Gasteiger partial charge in [-0.05, 0) is 38.1 Å². The first kappa shape index (κ1) is 9.01. The molecule has 0 amide bonds. The third-order valence-corrected chi connectivity index (χ3v) is 2.97. The van der Waals surface area contributed by atoms with Crippen molar-refractivity contribution in [2.24, 2.45) is 5.92 Å². The van der Waals surface area contributed by atoms with Crippen molar-refractivity contribution < 1.29 is 4.79 Å². The first-order chi connectivity index (χ1) is 4.85. The predicted octanol–water partition coefficient (Wildman–Crippen LogP) is 1.14. The standard InChI is InChI=1S/C8H13NO.ClH/c10-6-8-3-1-7(2-4-8)5-9-8;/h6-7,9H,1-5H2;1H. The van der Waals surface area contributed by atoms with E-state index < -0.39 is 0 Å². The number of piperidine rings is 2. The Hall–Kier alpha value is -0.0800. The van der Waals surface area contributed by atoms with Crippen molar-refractivity contribution in [2.45, 2.75) is 31.2 Å². The second kappa shape index (κ2) is 3.11. The highest BCUT2D eigenvalue weighted by Crippen LogP contribution is 2.35. The maximum Gasteiger partial charge on any atom is 0.140 e. The molecular formula is C8H14ClNO. The van der Waals surface area contributed by atoms with Gasteiger partial charge < -0.3 is 10.1 Å². The van der Waals surface area contributed by atoms with Crippen LogP contribution < -0.4 is 5.32 Å². The third-order valence-electron chi connectivity index (χ3n) is 2.97. The van der Waals surface area contributed by atoms with Crippen molar-refractivity contribution >= 4 is 18.7 Å². The van der Waals surface area contributed by atoms with Crippen LogP contribution in [0, 0.1) is 5.92 Å². The van der Waals surface area contributed by atoms with Crippen LogP contribution in [0.4, 0.5) is 0 Å². The third kappa shape index (κ3) is 1.42. The molecule has 0 atom stereocenters. The summed E-state index contributed by atoms with van der Waals surface area (Å²) in [5.41, 5.74) is -0.102. The molecule has 0 radical (unpaired) electrons. The van der Waals surface area contributed by atoms with Gasteiger partial charge in [0.05, 0.1) is 5.54 Å². The van der Waals surface area contributed by atoms with E-state index in [0.717, 1.165) is 31.6 Å². The van der Waals surface area contributed by atoms with E-state index in [1.54, 1.807) is 0 Å². The molecule has 3 rings (SSSR count). The number of nitrogens with one attached hydrogen (secondary N) is 1. The van der Waals surface area contributed by atoms with Crippen LogP contribution in [0.2, 0.25) is 0 Å². The quantitative estimate of drug-likeness (QED) is 0.606. The molecule has 2 saturated heterocycles. The zero-order valence-electron chi connectivity index (χ0n) is 6.51. The number of fused-ring (bicyclic) bond motifs is 3. The minimum Gasteiger partial charge on any atom is -0.305 e. The van der Waals surface area contributed by atoms with Crippen molar-refractivity contribution in [1.82, 2.24) is 5.32 Å². The number of hydrogen-bond donors (Lipinski definition) is 1. The molecule has 1 N–H and O–H groups in total. The molecule has 0 aromatic rings. The molecule has 1 aliphatic carbocycles. The van der Waals surface area contributed by atoms with E-state index in [4.69, 9.17) is 0 Å². The smallest absolute Gasteiger partial charge is 0.140 e. The Morgan fingerprint density at radius 1 is 1.36 bits per heavy atom. The summed E-state index contributed by atoms with van der Waals surface area (Å²) in [7, 11) is 0. The highest BCUT2D eigenvalue weighted by Gasteiger charge is 2.39. The number of carbonyl (C=O) groups excluding carboxylic acids is 1. The van der Waals surface area contributed by atoms with E-state index in [2.05, 4.69) is 5.32 Å². The summed E-state index contributed by atoms with van der Waals surface area (Å²) in [5.74, 6) is 0.863. The molecule has 0 spiro atoms. The summed E-state index contributed by atoms with van der Waals surface area (Å²) in [6.07, 6.45) is 5.77. The molecule has 3 aliphatic rings. The number of carbonyl (C=O) groups is 1. The van der Waals surface area contributed by atoms with Crippen LogP contribution in [0.1, 0.15) is 25.7 Å². The number of halogens is 1. The number of aldehydes is 1. The summed E-state index contributed by atoms with van der Waals surface area (Å²) in [5, 5.41) is 3.31. The second-order valence-corrected chi connectivity index (χ2v) is 3.60. The molecule has 2 aliphatic heterocycles. The zero-order valence-corrected chi connectivity index (χ0v) is 7.32. The van der Waals surface area contributed by atoms with Crippen LogP contribution in [0.15, 0.2) is 0 Å². The Morgan fingerprint density at radius 2 is 2.00 bits per heavy atom. The van der Waals surface area contributed by atoms with E-state index in [1.807, 2.05) is 0 Å². The largest absolute Gasteiger partial charge is 0.305 e. The molecule has 3 fully saturated rings. The average molecular weight is 176 g/mol. The fourth-order valence-electron chi connectivity index (χ4n) is 2.08. The molecular weight excluding hydrogens is 162 g/mol. The zero-order chi connectivity index (χ0) is 7.03. The molecule has 2 bridgehead atoms. The van der Waals surface area contributed by atoms with Crippen molar-refractivity contribution in [3.8, 4) is 0 Å². The summed E-state index contributed by atoms with van der Waals surface area (Å²) in [6.45, 7) is 1.07. The van der Waals surface area contributed by atoms with Crippen LogP contribution in [0.25, 0.3) is 0 Å². The molecule has 3 heteroatoms. The monoisotopic (exact) mass is 175 g/mol. The lowest BCUT2D eigenvalue weighted by atomic mass is 9.73. The predicted molar refractivity (Wildman–Crippen MR) is 46.0 cm³/mol. The minimum atomic E-state index is -0.102. The first-order valence-corrected chi connectivity index (χ1v) is 4.06. The minimum absolute atomic E-state index is 0. The van der Waals surface area contributed by atoms with E-state index in [1.165, 1.54) is 12.8 Å². The Morgan fingerprint density at radius 3 is 2.27 bits per heavy atom. The van der Waals surface area contributed by atoms with Gasteiger partial charge in [-0.3, -0.25) is 0 Å². The van der Waals surface area contributed by atoms with Crippen molar-refractivity contribution in [3.05, 3.63) is 0 Å². The van der Waals surface area contributed by atoms with Crippen molar-refractivity contribution in [3.63, 3.8) is 0 Å². The van der Waals surface area contributed by atoms with Gasteiger partial charge in [-0.1, -0.05) is 0 Å². The average Bonchev–Trinajstić information content (AvgIpc) is 2.08. The summed E-state index contributed by atoms with van der Waals surface area (Å²) in [4.78, 5) is 10.7. The SMILES string of the molecule is Cl.O=CC12CCC(CC1)CN2. The van der Waals surface area contributed by atoms with E-state index in [0.29, 0.717) is 0 Å². The molecule has 11 heavy (non-hydrogen) atoms. The highest BCUT2D eigenvalue weighted by atomic mass is 35.5. The van der Waals surface area contributed by atoms with Gasteiger partial charge in [-0.25, -0.2) is 0 Å². The van der Waals surface area contributed by atoms with E-state index in [9.17, 15) is 4.79 Å². The summed E-state index contributed by atoms with van der Waals surface area (Å²) >= 11 is 0. The molecule has 2 heterocycles. The van der Waals surface area contributed by atoms with Gasteiger partial charge in [0, 0.05) is 0 Å². The van der Waals surface area contributed by atoms with Crippen LogP contribution in [-0.4, -0.2) is 18.4 Å². The molecule has 64 valence electrons. The molecule has 0 unspecified atom stereocenters. The van der Waals surface area contributed by atoms with Gasteiger partial charge in [0.1, 0.15) is 6.29 Å². The maximum atomic E-state index is 10.7. The fraction of sp³-hybridized carbons (Fsp3) is 0.875. The van der Waals surface area contributed by atoms with Crippen molar-refractivity contribution in [2.75, 3.05) is 6.54 Å². The van der Waals surface area contributed by atoms with E-state index >= 15 is 0 Å². The summed E-state index contributed by atoms with van der Waals surface area (Å²) < 4.78 is 0. The normalized spacial score (nSPS) is 41.3. The Labute approximate surface area is 73.1 Å². The number of rotatable bonds is 1. The second-order valence-electron chi connectivity index (χ2n) is 3.60. The fourth-order valence-corrected chi connectivity index (χ4v) is 2.08. The van der Waals surface area contributed by atoms with Gasteiger partial charge in [0.25, 0.3) is 0 Å². The Kier molecular flexibility index (Phi) is 2.55. The summed E-state index contributed by atoms with van der Waals surface area (Å²) in [6, 6.07) is 0. The first-order valence-electron chi connectivity index (χ1n) is 4.06. The Balaban J connectivity index is 0.000000605.